The second-order valence-electron chi connectivity index (χ2n) is 6.33. The molecule has 0 bridgehead atoms. The minimum atomic E-state index is 0.483. The highest BCUT2D eigenvalue weighted by atomic mass is 16.1. The quantitative estimate of drug-likeness (QED) is 0.786. The van der Waals surface area contributed by atoms with Crippen molar-refractivity contribution in [1.82, 2.24) is 15.0 Å². The Morgan fingerprint density at radius 3 is 2.59 bits per heavy atom. The summed E-state index contributed by atoms with van der Waals surface area (Å²) in [7, 11) is 0. The molecular weight excluding hydrogens is 274 g/mol. The Bertz CT molecular complexity index is 624. The number of aryl methyl sites for hydroxylation is 1. The fourth-order valence-electron chi connectivity index (χ4n) is 3.35. The predicted octanol–water partition coefficient (Wildman–Crippen LogP) is 3.90. The molecule has 22 heavy (non-hydrogen) atoms. The van der Waals surface area contributed by atoms with Gasteiger partial charge in [0, 0.05) is 0 Å². The average molecular weight is 297 g/mol. The molecule has 0 unspecified atom stereocenters. The van der Waals surface area contributed by atoms with Gasteiger partial charge >= 0.3 is 0 Å². The van der Waals surface area contributed by atoms with Gasteiger partial charge < -0.3 is 0 Å². The number of carbonyl (C=O) groups excluding carboxylic acids is 1. The van der Waals surface area contributed by atoms with E-state index in [-0.39, 0.29) is 0 Å². The monoisotopic (exact) mass is 297 g/mol. The summed E-state index contributed by atoms with van der Waals surface area (Å²) in [6.07, 6.45) is 9.54. The molecule has 1 fully saturated rings. The normalized spacial score (nSPS) is 15.9. The largest absolute Gasteiger partial charge is 0.296 e. The molecule has 2 aromatic rings. The van der Waals surface area contributed by atoms with Gasteiger partial charge in [0.05, 0.1) is 11.4 Å². The maximum Gasteiger partial charge on any atom is 0.172 e. The van der Waals surface area contributed by atoms with Gasteiger partial charge in [0.25, 0.3) is 0 Å². The van der Waals surface area contributed by atoms with Gasteiger partial charge in [-0.25, -0.2) is 4.68 Å². The van der Waals surface area contributed by atoms with E-state index in [9.17, 15) is 4.79 Å². The van der Waals surface area contributed by atoms with E-state index < -0.39 is 0 Å². The van der Waals surface area contributed by atoms with Crippen molar-refractivity contribution in [2.45, 2.75) is 51.9 Å². The third-order valence-corrected chi connectivity index (χ3v) is 4.70. The van der Waals surface area contributed by atoms with Crippen LogP contribution in [-0.4, -0.2) is 21.3 Å². The SMILES string of the molecule is Cc1ccc(-n2nnc(C=O)c2CCC2CCCCC2)cc1. The Kier molecular flexibility index (Phi) is 4.66. The highest BCUT2D eigenvalue weighted by Gasteiger charge is 2.18. The van der Waals surface area contributed by atoms with Crippen molar-refractivity contribution in [2.75, 3.05) is 0 Å². The standard InChI is InChI=1S/C18H23N3O/c1-14-7-10-16(11-8-14)21-18(17(13-22)19-20-21)12-9-15-5-3-2-4-6-15/h7-8,10-11,13,15H,2-6,9,12H2,1H3. The molecule has 1 aliphatic carbocycles. The number of aromatic nitrogens is 3. The molecule has 0 radical (unpaired) electrons. The molecule has 3 rings (SSSR count). The van der Waals surface area contributed by atoms with Gasteiger partial charge in [0.15, 0.2) is 6.29 Å². The van der Waals surface area contributed by atoms with Crippen LogP contribution in [0.1, 0.15) is 60.3 Å². The Morgan fingerprint density at radius 2 is 1.91 bits per heavy atom. The summed E-state index contributed by atoms with van der Waals surface area (Å²) in [4.78, 5) is 11.3. The molecule has 0 atom stereocenters. The minimum absolute atomic E-state index is 0.483. The number of carbonyl (C=O) groups is 1. The van der Waals surface area contributed by atoms with Crippen molar-refractivity contribution < 1.29 is 4.79 Å². The smallest absolute Gasteiger partial charge is 0.172 e. The van der Waals surface area contributed by atoms with Crippen LogP contribution in [-0.2, 0) is 6.42 Å². The second-order valence-corrected chi connectivity index (χ2v) is 6.33. The molecule has 1 saturated carbocycles. The van der Waals surface area contributed by atoms with Crippen LogP contribution in [0.3, 0.4) is 0 Å². The van der Waals surface area contributed by atoms with E-state index in [1.165, 1.54) is 37.7 Å². The molecule has 1 aliphatic rings. The van der Waals surface area contributed by atoms with Crippen molar-refractivity contribution in [3.05, 3.63) is 41.2 Å². The van der Waals surface area contributed by atoms with E-state index in [4.69, 9.17) is 0 Å². The van der Waals surface area contributed by atoms with Crippen molar-refractivity contribution in [3.63, 3.8) is 0 Å². The van der Waals surface area contributed by atoms with E-state index in [0.717, 1.165) is 36.4 Å². The molecule has 0 N–H and O–H groups in total. The molecule has 1 aromatic heterocycles. The number of rotatable bonds is 5. The molecular formula is C18H23N3O. The molecule has 4 heteroatoms. The van der Waals surface area contributed by atoms with Crippen molar-refractivity contribution in [2.24, 2.45) is 5.92 Å². The van der Waals surface area contributed by atoms with Gasteiger partial charge in [-0.15, -0.1) is 5.10 Å². The molecule has 0 amide bonds. The molecule has 1 heterocycles. The fraction of sp³-hybridized carbons (Fsp3) is 0.500. The van der Waals surface area contributed by atoms with Gasteiger partial charge in [-0.3, -0.25) is 4.79 Å². The summed E-state index contributed by atoms with van der Waals surface area (Å²) in [5.74, 6) is 0.787. The van der Waals surface area contributed by atoms with Crippen LogP contribution in [0.2, 0.25) is 0 Å². The van der Waals surface area contributed by atoms with E-state index in [1.807, 2.05) is 16.8 Å². The van der Waals surface area contributed by atoms with Gasteiger partial charge in [-0.1, -0.05) is 55.0 Å². The summed E-state index contributed by atoms with van der Waals surface area (Å²) >= 11 is 0. The van der Waals surface area contributed by atoms with Crippen LogP contribution >= 0.6 is 0 Å². The Morgan fingerprint density at radius 1 is 1.18 bits per heavy atom. The maximum absolute atomic E-state index is 11.3. The van der Waals surface area contributed by atoms with Gasteiger partial charge in [-0.2, -0.15) is 0 Å². The first-order chi connectivity index (χ1) is 10.8. The van der Waals surface area contributed by atoms with E-state index in [0.29, 0.717) is 5.69 Å². The van der Waals surface area contributed by atoms with Crippen LogP contribution in [0.5, 0.6) is 0 Å². The number of nitrogens with zero attached hydrogens (tertiary/aromatic N) is 3. The lowest BCUT2D eigenvalue weighted by molar-refractivity contribution is 0.111. The van der Waals surface area contributed by atoms with E-state index >= 15 is 0 Å². The molecule has 0 saturated heterocycles. The van der Waals surface area contributed by atoms with Crippen molar-refractivity contribution >= 4 is 6.29 Å². The third kappa shape index (κ3) is 3.26. The van der Waals surface area contributed by atoms with Gasteiger partial charge in [-0.05, 0) is 37.8 Å². The van der Waals surface area contributed by atoms with Crippen LogP contribution in [0.4, 0.5) is 0 Å². The Hall–Kier alpha value is -1.97. The van der Waals surface area contributed by atoms with Gasteiger partial charge in [0.2, 0.25) is 0 Å². The summed E-state index contributed by atoms with van der Waals surface area (Å²) in [6.45, 7) is 2.06. The predicted molar refractivity (Wildman–Crippen MR) is 86.4 cm³/mol. The first kappa shape index (κ1) is 14.9. The zero-order valence-corrected chi connectivity index (χ0v) is 13.2. The maximum atomic E-state index is 11.3. The Balaban J connectivity index is 1.80. The third-order valence-electron chi connectivity index (χ3n) is 4.70. The van der Waals surface area contributed by atoms with Crippen molar-refractivity contribution in [1.29, 1.82) is 0 Å². The van der Waals surface area contributed by atoms with Crippen LogP contribution < -0.4 is 0 Å². The summed E-state index contributed by atoms with van der Waals surface area (Å²) in [5, 5.41) is 8.23. The molecule has 1 aromatic carbocycles. The molecule has 0 spiro atoms. The highest BCUT2D eigenvalue weighted by molar-refractivity contribution is 5.73. The van der Waals surface area contributed by atoms with Crippen LogP contribution in [0.25, 0.3) is 5.69 Å². The lowest BCUT2D eigenvalue weighted by Crippen LogP contribution is -2.10. The minimum Gasteiger partial charge on any atom is -0.296 e. The summed E-state index contributed by atoms with van der Waals surface area (Å²) in [5.41, 5.74) is 3.62. The lowest BCUT2D eigenvalue weighted by atomic mass is 9.85. The second kappa shape index (κ2) is 6.86. The topological polar surface area (TPSA) is 47.8 Å². The van der Waals surface area contributed by atoms with Crippen molar-refractivity contribution in [3.8, 4) is 5.69 Å². The molecule has 4 nitrogen and oxygen atoms in total. The fourth-order valence-corrected chi connectivity index (χ4v) is 3.35. The highest BCUT2D eigenvalue weighted by Crippen LogP contribution is 2.28. The lowest BCUT2D eigenvalue weighted by Gasteiger charge is -2.21. The number of hydrogen-bond acceptors (Lipinski definition) is 3. The van der Waals surface area contributed by atoms with Crippen LogP contribution in [0, 0.1) is 12.8 Å². The zero-order valence-electron chi connectivity index (χ0n) is 13.2. The number of hydrogen-bond donors (Lipinski definition) is 0. The average Bonchev–Trinajstić information content (AvgIpc) is 2.97. The number of benzene rings is 1. The van der Waals surface area contributed by atoms with Gasteiger partial charge in [0.1, 0.15) is 5.69 Å². The first-order valence-electron chi connectivity index (χ1n) is 8.24. The summed E-state index contributed by atoms with van der Waals surface area (Å²) in [6, 6.07) is 8.18. The van der Waals surface area contributed by atoms with Crippen LogP contribution in [0.15, 0.2) is 24.3 Å². The zero-order chi connectivity index (χ0) is 15.4. The summed E-state index contributed by atoms with van der Waals surface area (Å²) < 4.78 is 1.83. The first-order valence-corrected chi connectivity index (χ1v) is 8.24. The van der Waals surface area contributed by atoms with E-state index in [1.54, 1.807) is 0 Å². The molecule has 0 aliphatic heterocycles. The van der Waals surface area contributed by atoms with E-state index in [2.05, 4.69) is 29.4 Å². The molecule has 116 valence electrons. The number of aldehydes is 1. The Labute approximate surface area is 131 Å².